The molecule has 2 saturated heterocycles. The zero-order chi connectivity index (χ0) is 23.1. The van der Waals surface area contributed by atoms with Crippen LogP contribution in [0, 0.1) is 0 Å². The first-order valence-electron chi connectivity index (χ1n) is 11.1. The van der Waals surface area contributed by atoms with Crippen molar-refractivity contribution in [1.29, 1.82) is 0 Å². The largest absolute Gasteiger partial charge is 0.497 e. The average Bonchev–Trinajstić information content (AvgIpc) is 3.52. The van der Waals surface area contributed by atoms with E-state index < -0.39 is 28.2 Å². The predicted molar refractivity (Wildman–Crippen MR) is 125 cm³/mol. The molecule has 0 saturated carbocycles. The Morgan fingerprint density at radius 1 is 1.09 bits per heavy atom. The van der Waals surface area contributed by atoms with Crippen molar-refractivity contribution in [3.05, 3.63) is 78.8 Å². The van der Waals surface area contributed by atoms with E-state index in [0.29, 0.717) is 31.0 Å². The minimum Gasteiger partial charge on any atom is -0.497 e. The van der Waals surface area contributed by atoms with E-state index in [0.717, 1.165) is 10.6 Å². The molecule has 174 valence electrons. The summed E-state index contributed by atoms with van der Waals surface area (Å²) in [5.74, 6) is 1.78. The molecule has 0 spiro atoms. The van der Waals surface area contributed by atoms with Gasteiger partial charge >= 0.3 is 0 Å². The molecule has 2 aromatic rings. The quantitative estimate of drug-likeness (QED) is 0.593. The lowest BCUT2D eigenvalue weighted by atomic mass is 9.65. The molecule has 2 fully saturated rings. The number of ether oxygens (including phenoxy) is 4. The normalized spacial score (nSPS) is 35.0. The third-order valence-electron chi connectivity index (χ3n) is 6.88. The van der Waals surface area contributed by atoms with Crippen molar-refractivity contribution < 1.29 is 29.2 Å². The molecule has 3 aliphatic heterocycles. The maximum atomic E-state index is 12.4. The fourth-order valence-corrected chi connectivity index (χ4v) is 6.61. The molecule has 6 nitrogen and oxygen atoms in total. The molecule has 5 atom stereocenters. The molecule has 3 heterocycles. The molecule has 2 N–H and O–H groups in total. The summed E-state index contributed by atoms with van der Waals surface area (Å²) < 4.78 is 22.5. The Balaban J connectivity index is 1.51. The number of hydrogen-bond acceptors (Lipinski definition) is 7. The van der Waals surface area contributed by atoms with Gasteiger partial charge in [-0.3, -0.25) is 0 Å². The van der Waals surface area contributed by atoms with Crippen LogP contribution in [0.4, 0.5) is 0 Å². The van der Waals surface area contributed by atoms with Crippen molar-refractivity contribution in [3.8, 4) is 11.5 Å². The summed E-state index contributed by atoms with van der Waals surface area (Å²) in [5.41, 5.74) is -3.00. The van der Waals surface area contributed by atoms with Gasteiger partial charge < -0.3 is 29.2 Å². The van der Waals surface area contributed by atoms with Crippen LogP contribution < -0.4 is 9.47 Å². The summed E-state index contributed by atoms with van der Waals surface area (Å²) in [5, 5.41) is 23.6. The van der Waals surface area contributed by atoms with Crippen LogP contribution in [0.3, 0.4) is 0 Å². The molecule has 2 aromatic carbocycles. The highest BCUT2D eigenvalue weighted by molar-refractivity contribution is 8.00. The highest BCUT2D eigenvalue weighted by atomic mass is 32.2. The van der Waals surface area contributed by atoms with Gasteiger partial charge in [0, 0.05) is 17.7 Å². The summed E-state index contributed by atoms with van der Waals surface area (Å²) in [6.45, 7) is 2.48. The van der Waals surface area contributed by atoms with Gasteiger partial charge in [-0.05, 0) is 55.5 Å². The van der Waals surface area contributed by atoms with Crippen molar-refractivity contribution >= 4 is 11.8 Å². The van der Waals surface area contributed by atoms with Gasteiger partial charge in [-0.15, -0.1) is 11.8 Å². The first kappa shape index (κ1) is 22.3. The van der Waals surface area contributed by atoms with E-state index in [1.807, 2.05) is 43.3 Å². The van der Waals surface area contributed by atoms with Gasteiger partial charge in [0.05, 0.1) is 36.9 Å². The lowest BCUT2D eigenvalue weighted by molar-refractivity contribution is -0.130. The first-order valence-corrected chi connectivity index (χ1v) is 11.9. The highest BCUT2D eigenvalue weighted by Gasteiger charge is 2.79. The molecular formula is C26H28O6S. The minimum atomic E-state index is -1.60. The van der Waals surface area contributed by atoms with Crippen molar-refractivity contribution in [2.24, 2.45) is 0 Å². The number of aliphatic hydroxyl groups is 2. The molecule has 0 radical (unpaired) electrons. The Hall–Kier alpha value is -2.45. The standard InChI is InChI=1S/C26H28O6S/c1-24(33-20-7-4-3-5-8-20)23-17-21(27)25(32-23,26(24,28)22-9-6-15-31-22)14-16-30-19-12-10-18(29-2)11-13-19/h3-5,7-14,16,21,23,27-28H,6,15,17H2,1-2H3/b16-14+/t21-,23-,24-,25+,26+/m1/s1. The molecular weight excluding hydrogens is 440 g/mol. The second-order valence-electron chi connectivity index (χ2n) is 8.69. The van der Waals surface area contributed by atoms with Crippen LogP contribution >= 0.6 is 11.8 Å². The van der Waals surface area contributed by atoms with Crippen molar-refractivity contribution in [2.75, 3.05) is 13.7 Å². The van der Waals surface area contributed by atoms with E-state index in [-0.39, 0.29) is 0 Å². The number of methoxy groups -OCH3 is 1. The number of fused-ring (bicyclic) bond motifs is 2. The van der Waals surface area contributed by atoms with E-state index in [1.54, 1.807) is 49.2 Å². The van der Waals surface area contributed by atoms with Gasteiger partial charge in [-0.25, -0.2) is 0 Å². The van der Waals surface area contributed by atoms with Gasteiger partial charge in [-0.1, -0.05) is 18.2 Å². The van der Waals surface area contributed by atoms with E-state index >= 15 is 0 Å². The fourth-order valence-electron chi connectivity index (χ4n) is 5.14. The molecule has 5 rings (SSSR count). The van der Waals surface area contributed by atoms with Gasteiger partial charge in [0.15, 0.2) is 11.2 Å². The highest BCUT2D eigenvalue weighted by Crippen LogP contribution is 2.65. The lowest BCUT2D eigenvalue weighted by Crippen LogP contribution is -2.68. The van der Waals surface area contributed by atoms with Crippen LogP contribution in [0.2, 0.25) is 0 Å². The van der Waals surface area contributed by atoms with Crippen molar-refractivity contribution in [1.82, 2.24) is 0 Å². The smallest absolute Gasteiger partial charge is 0.173 e. The predicted octanol–water partition coefficient (Wildman–Crippen LogP) is 4.08. The SMILES string of the molecule is COc1ccc(O/C=C/[C@]23O[C@H](C[C@H]2O)[C@@](C)(Sc2ccccc2)[C@@]3(O)C2=CCCO2)cc1. The summed E-state index contributed by atoms with van der Waals surface area (Å²) in [6, 6.07) is 17.1. The summed E-state index contributed by atoms with van der Waals surface area (Å²) >= 11 is 1.55. The van der Waals surface area contributed by atoms with Crippen LogP contribution in [0.25, 0.3) is 0 Å². The number of aliphatic hydroxyl groups excluding tert-OH is 1. The van der Waals surface area contributed by atoms with E-state index in [2.05, 4.69) is 0 Å². The van der Waals surface area contributed by atoms with Gasteiger partial charge in [0.2, 0.25) is 0 Å². The maximum Gasteiger partial charge on any atom is 0.173 e. The molecule has 7 heteroatoms. The van der Waals surface area contributed by atoms with Crippen LogP contribution in [0.15, 0.2) is 83.7 Å². The van der Waals surface area contributed by atoms with Crippen LogP contribution in [0.5, 0.6) is 11.5 Å². The number of rotatable bonds is 7. The summed E-state index contributed by atoms with van der Waals surface area (Å²) in [6.07, 6.45) is 4.82. The molecule has 33 heavy (non-hydrogen) atoms. The Kier molecular flexibility index (Phi) is 5.69. The van der Waals surface area contributed by atoms with E-state index in [9.17, 15) is 10.2 Å². The number of benzene rings is 2. The topological polar surface area (TPSA) is 77.4 Å². The molecule has 0 unspecified atom stereocenters. The van der Waals surface area contributed by atoms with E-state index in [1.165, 1.54) is 6.26 Å². The Morgan fingerprint density at radius 3 is 2.48 bits per heavy atom. The second kappa shape index (κ2) is 8.40. The van der Waals surface area contributed by atoms with Crippen molar-refractivity contribution in [2.45, 2.75) is 52.8 Å². The average molecular weight is 469 g/mol. The summed E-state index contributed by atoms with van der Waals surface area (Å²) in [4.78, 5) is 1.01. The molecule has 0 aliphatic carbocycles. The van der Waals surface area contributed by atoms with Crippen LogP contribution in [0.1, 0.15) is 19.8 Å². The number of thioether (sulfide) groups is 1. The van der Waals surface area contributed by atoms with Crippen LogP contribution in [-0.4, -0.2) is 52.1 Å². The monoisotopic (exact) mass is 468 g/mol. The molecule has 0 aromatic heterocycles. The zero-order valence-corrected chi connectivity index (χ0v) is 19.5. The Morgan fingerprint density at radius 2 is 1.82 bits per heavy atom. The molecule has 3 aliphatic rings. The molecule has 0 amide bonds. The number of hydrogen-bond donors (Lipinski definition) is 2. The van der Waals surface area contributed by atoms with Gasteiger partial charge in [0.25, 0.3) is 0 Å². The van der Waals surface area contributed by atoms with E-state index in [4.69, 9.17) is 18.9 Å². The third-order valence-corrected chi connectivity index (χ3v) is 8.37. The first-order chi connectivity index (χ1) is 15.9. The summed E-state index contributed by atoms with van der Waals surface area (Å²) in [7, 11) is 1.61. The fraction of sp³-hybridized carbons (Fsp3) is 0.385. The maximum absolute atomic E-state index is 12.4. The van der Waals surface area contributed by atoms with Gasteiger partial charge in [0.1, 0.15) is 17.3 Å². The van der Waals surface area contributed by atoms with Crippen LogP contribution in [-0.2, 0) is 9.47 Å². The molecule has 2 bridgehead atoms. The van der Waals surface area contributed by atoms with Gasteiger partial charge in [-0.2, -0.15) is 0 Å². The Bertz CT molecular complexity index is 1050. The minimum absolute atomic E-state index is 0.390. The van der Waals surface area contributed by atoms with Crippen molar-refractivity contribution in [3.63, 3.8) is 0 Å². The third kappa shape index (κ3) is 3.37. The Labute approximate surface area is 197 Å². The lowest BCUT2D eigenvalue weighted by Gasteiger charge is -2.50. The second-order valence-corrected chi connectivity index (χ2v) is 10.2. The zero-order valence-electron chi connectivity index (χ0n) is 18.6.